The van der Waals surface area contributed by atoms with Crippen LogP contribution < -0.4 is 54.2 Å². The number of hydrazine groups is 1. The van der Waals surface area contributed by atoms with Crippen molar-refractivity contribution in [2.24, 2.45) is 70.6 Å². The van der Waals surface area contributed by atoms with Crippen molar-refractivity contribution in [3.8, 4) is 0 Å². The third-order valence-corrected chi connectivity index (χ3v) is 28.4. The second-order valence-corrected chi connectivity index (χ2v) is 36.4. The molecule has 0 spiro atoms. The molecule has 0 bridgehead atoms. The molecule has 0 aromatic rings. The van der Waals surface area contributed by atoms with Gasteiger partial charge in [0.2, 0.25) is 29.5 Å². The van der Waals surface area contributed by atoms with E-state index in [9.17, 15) is 58.5 Å². The van der Waals surface area contributed by atoms with Crippen molar-refractivity contribution in [1.29, 1.82) is 0 Å². The number of carbonyl (C=O) groups is 9. The fourth-order valence-electron chi connectivity index (χ4n) is 20.3. The van der Waals surface area contributed by atoms with Gasteiger partial charge in [0, 0.05) is 143 Å². The van der Waals surface area contributed by atoms with Crippen LogP contribution in [0.25, 0.3) is 0 Å². The van der Waals surface area contributed by atoms with Gasteiger partial charge in [-0.2, -0.15) is 0 Å². The summed E-state index contributed by atoms with van der Waals surface area (Å²) in [6, 6.07) is -3.07. The van der Waals surface area contributed by atoms with Crippen LogP contribution in [-0.4, -0.2) is 280 Å². The number of hydrogen-bond acceptors (Lipinski definition) is 22. The Hall–Kier alpha value is -5.32. The summed E-state index contributed by atoms with van der Waals surface area (Å²) in [7, 11) is 0. The number of carbonyl (C=O) groups excluding carboxylic acids is 9. The number of ether oxygens (including phenoxy) is 2. The summed E-state index contributed by atoms with van der Waals surface area (Å²) in [5, 5.41) is 52.8. The Labute approximate surface area is 655 Å². The fourth-order valence-corrected chi connectivity index (χ4v) is 21.7. The number of nitrogens with zero attached hydrogens (tertiary/aromatic N) is 6. The molecule has 16 atom stereocenters. The molecule has 4 saturated carbocycles. The molecule has 0 aromatic heterocycles. The van der Waals surface area contributed by atoms with Gasteiger partial charge in [-0.1, -0.05) is 40.5 Å². The zero-order valence-corrected chi connectivity index (χ0v) is 67.1. The molecule has 11 rings (SSSR count). The maximum Gasteiger partial charge on any atom is 0.411 e. The predicted molar refractivity (Wildman–Crippen MR) is 416 cm³/mol. The minimum absolute atomic E-state index is 0.00438. The van der Waals surface area contributed by atoms with E-state index >= 15 is 0 Å². The Morgan fingerprint density at radius 2 is 1.42 bits per heavy atom. The molecule has 11 aliphatic rings. The first-order chi connectivity index (χ1) is 52.7. The van der Waals surface area contributed by atoms with Crippen molar-refractivity contribution < 1.29 is 67.9 Å². The Morgan fingerprint density at radius 3 is 2.09 bits per heavy atom. The lowest BCUT2D eigenvalue weighted by molar-refractivity contribution is -0.147. The molecule has 7 heterocycles. The van der Waals surface area contributed by atoms with Crippen LogP contribution in [0.2, 0.25) is 0 Å². The maximum atomic E-state index is 14.6. The summed E-state index contributed by atoms with van der Waals surface area (Å²) < 4.78 is 12.4. The molecule has 0 radical (unpaired) electrons. The van der Waals surface area contributed by atoms with Crippen LogP contribution in [0.3, 0.4) is 0 Å². The molecule has 10 amide bonds. The topological polar surface area (TPSA) is 400 Å². The van der Waals surface area contributed by atoms with Gasteiger partial charge in [0.1, 0.15) is 30.5 Å². The third kappa shape index (κ3) is 22.6. The Bertz CT molecular complexity index is 3090. The van der Waals surface area contributed by atoms with Gasteiger partial charge in [0.15, 0.2) is 0 Å². The Kier molecular flexibility index (Phi) is 31.4. The summed E-state index contributed by atoms with van der Waals surface area (Å²) in [5.74, 6) is -1.40. The Balaban J connectivity index is 0.612. The summed E-state index contributed by atoms with van der Waals surface area (Å²) in [6.45, 7) is 19.4. The van der Waals surface area contributed by atoms with Crippen LogP contribution in [0.5, 0.6) is 0 Å². The molecule has 10 fully saturated rings. The fraction of sp³-hybridized carbons (Fsp3) is 0.861. The van der Waals surface area contributed by atoms with Gasteiger partial charge in [-0.05, 0) is 190 Å². The predicted octanol–water partition coefficient (Wildman–Crippen LogP) is 2.38. The number of urea groups is 1. The van der Waals surface area contributed by atoms with E-state index in [0.717, 1.165) is 116 Å². The molecule has 620 valence electrons. The van der Waals surface area contributed by atoms with Gasteiger partial charge in [-0.3, -0.25) is 53.7 Å². The third-order valence-electron chi connectivity index (χ3n) is 26.9. The average molecular weight is 1560 g/mol. The standard InChI is InChI=1S/C79H134N16O14S/c1-46(2)69(77(105)93-43-58(96)36-63(93)75(103)84-48(5)53-19-21-54(22-20-53)71-49(6)83-45-110-71)65(98)38-66(80)108-35-34-90-30-27-51(28-31-90)39-91-32-33-92-57(41-91)42-95(72-62(92)37-61(88-89-72)59-10-7-8-12-64(59)97)79(107)109-44-52-15-23-56(24-16-52)85-74(102)60(11-9-29-82-78(81)106)86-76(104)70(47(3)4)87-73(101)55-17-13-50(14-18-55)40-94-67(99)25-26-68(94)100/h25-26,46-66,69-72,83,88-89,96-98H,7-24,27-45,80H2,1-6H3,(H,84,103)(H,85,102)(H,86,104)(H,87,101)(H3,81,82,106)/t48-,49?,50?,52?,53?,54?,55?,56?,57+,58+,59?,60-,61?,62?,63-,64?,65?,66?,69+,70-,71?,72?/m0/s1. The van der Waals surface area contributed by atoms with Crippen LogP contribution in [0.4, 0.5) is 9.59 Å². The molecular formula is C79H134N16O14S. The van der Waals surface area contributed by atoms with Crippen LogP contribution in [0.1, 0.15) is 189 Å². The van der Waals surface area contributed by atoms with Crippen LogP contribution in [-0.2, 0) is 43.0 Å². The van der Waals surface area contributed by atoms with E-state index in [0.29, 0.717) is 113 Å². The molecule has 31 heteroatoms. The van der Waals surface area contributed by atoms with E-state index in [1.54, 1.807) is 0 Å². The van der Waals surface area contributed by atoms with E-state index in [4.69, 9.17) is 20.9 Å². The lowest BCUT2D eigenvalue weighted by Gasteiger charge is -2.58. The summed E-state index contributed by atoms with van der Waals surface area (Å²) in [5.41, 5.74) is 19.0. The molecular weight excluding hydrogens is 1430 g/mol. The van der Waals surface area contributed by atoms with Gasteiger partial charge in [-0.15, -0.1) is 11.8 Å². The Morgan fingerprint density at radius 1 is 0.718 bits per heavy atom. The second kappa shape index (κ2) is 40.3. The molecule has 30 nitrogen and oxygen atoms in total. The molecule has 4 aliphatic carbocycles. The SMILES string of the molecule is CC1NCSC1C1CCC([C@H](C)NC(=O)[C@@H]2C[C@@H](O)CN2C(=O)[C@H](C(C)C)C(O)CC(N)OCCN2CCC(CN3CCN4C5CC(C6CCCCC6O)NNC5N(C(=O)OCC5CCC(NC(=O)[C@H](CCCNC(N)=O)NC(=O)[C@@H](NC(=O)C6CCC(CN7C(=O)C=CC7=O)CC6)C(C)C)CC5)C[C@H]4C3)CC2)CC1. The number of likely N-dealkylation sites (tertiary alicyclic amines) is 2. The number of aliphatic hydroxyl groups excluding tert-OH is 3. The monoisotopic (exact) mass is 1560 g/mol. The highest BCUT2D eigenvalue weighted by molar-refractivity contribution is 8.00. The number of primary amides is 1. The van der Waals surface area contributed by atoms with Crippen molar-refractivity contribution in [2.75, 3.05) is 91.1 Å². The summed E-state index contributed by atoms with van der Waals surface area (Å²) in [4.78, 5) is 133. The number of rotatable bonds is 31. The summed E-state index contributed by atoms with van der Waals surface area (Å²) >= 11 is 2.02. The smallest absolute Gasteiger partial charge is 0.411 e. The number of hydrogen-bond donors (Lipinski definition) is 13. The van der Waals surface area contributed by atoms with Crippen molar-refractivity contribution in [2.45, 2.75) is 280 Å². The number of piperidine rings is 1. The van der Waals surface area contributed by atoms with Gasteiger partial charge in [-0.25, -0.2) is 15.0 Å². The van der Waals surface area contributed by atoms with Crippen LogP contribution in [0.15, 0.2) is 12.2 Å². The van der Waals surface area contributed by atoms with Crippen molar-refractivity contribution in [3.63, 3.8) is 0 Å². The van der Waals surface area contributed by atoms with E-state index in [1.807, 2.05) is 44.4 Å². The zero-order chi connectivity index (χ0) is 78.4. The van der Waals surface area contributed by atoms with Gasteiger partial charge < -0.3 is 82.9 Å². The number of aliphatic hydroxyl groups is 3. The van der Waals surface area contributed by atoms with E-state index in [2.05, 4.69) is 71.3 Å². The number of thioether (sulfide) groups is 1. The molecule has 9 unspecified atom stereocenters. The highest BCUT2D eigenvalue weighted by Crippen LogP contribution is 2.41. The quantitative estimate of drug-likeness (QED) is 0.0269. The highest BCUT2D eigenvalue weighted by atomic mass is 32.2. The van der Waals surface area contributed by atoms with Crippen LogP contribution in [0, 0.1) is 59.2 Å². The number of amides is 10. The highest BCUT2D eigenvalue weighted by Gasteiger charge is 2.52. The molecule has 7 aliphatic heterocycles. The van der Waals surface area contributed by atoms with Crippen molar-refractivity contribution >= 4 is 65.2 Å². The number of nitrogens with one attached hydrogen (secondary N) is 8. The first-order valence-electron chi connectivity index (χ1n) is 42.2. The lowest BCUT2D eigenvalue weighted by atomic mass is 9.76. The lowest BCUT2D eigenvalue weighted by Crippen LogP contribution is -2.78. The maximum absolute atomic E-state index is 14.6. The number of imide groups is 1. The van der Waals surface area contributed by atoms with E-state index in [1.165, 1.54) is 22.0 Å². The van der Waals surface area contributed by atoms with Crippen LogP contribution >= 0.6 is 11.8 Å². The first kappa shape index (κ1) is 85.6. The molecule has 110 heavy (non-hydrogen) atoms. The average Bonchev–Trinajstić information content (AvgIpc) is 0.860. The van der Waals surface area contributed by atoms with Crippen molar-refractivity contribution in [3.05, 3.63) is 12.2 Å². The summed E-state index contributed by atoms with van der Waals surface area (Å²) in [6.07, 6.45) is 15.5. The van der Waals surface area contributed by atoms with E-state index in [-0.39, 0.29) is 158 Å². The van der Waals surface area contributed by atoms with Crippen molar-refractivity contribution in [1.82, 2.24) is 72.2 Å². The number of fused-ring (bicyclic) bond motifs is 3. The minimum atomic E-state index is -1.12. The zero-order valence-electron chi connectivity index (χ0n) is 66.3. The second-order valence-electron chi connectivity index (χ2n) is 35.2. The number of piperazine rings is 2. The number of nitrogens with two attached hydrogens (primary N) is 2. The minimum Gasteiger partial charge on any atom is -0.449 e. The first-order valence-corrected chi connectivity index (χ1v) is 43.3. The molecule has 15 N–H and O–H groups in total. The van der Waals surface area contributed by atoms with E-state index < -0.39 is 54.4 Å². The molecule has 6 saturated heterocycles. The van der Waals surface area contributed by atoms with Gasteiger partial charge in [0.25, 0.3) is 11.8 Å². The normalized spacial score (nSPS) is 33.1. The number of β-amino-alcohol motifs (C(OH)–C–C–N with tert-alkyl or cyclic N) is 1. The largest absolute Gasteiger partial charge is 0.449 e. The molecule has 0 aromatic carbocycles. The van der Waals surface area contributed by atoms with Gasteiger partial charge in [0.05, 0.1) is 37.4 Å². The van der Waals surface area contributed by atoms with Gasteiger partial charge >= 0.3 is 12.1 Å².